The van der Waals surface area contributed by atoms with Gasteiger partial charge in [0.2, 0.25) is 0 Å². The van der Waals surface area contributed by atoms with E-state index < -0.39 is 0 Å². The maximum atomic E-state index is 14.3. The fourth-order valence-corrected chi connectivity index (χ4v) is 8.39. The molecule has 56 heavy (non-hydrogen) atoms. The average molecular weight is 715 g/mol. The van der Waals surface area contributed by atoms with Gasteiger partial charge in [0.1, 0.15) is 5.82 Å². The quantitative estimate of drug-likeness (QED) is 0.129. The van der Waals surface area contributed by atoms with Gasteiger partial charge in [0.15, 0.2) is 0 Å². The molecule has 0 N–H and O–H groups in total. The minimum absolute atomic E-state index is 0.00921. The van der Waals surface area contributed by atoms with Crippen LogP contribution in [0.15, 0.2) is 182 Å². The van der Waals surface area contributed by atoms with Crippen molar-refractivity contribution in [2.75, 3.05) is 9.80 Å². The standard InChI is InChI=1S/C52H32BFN2/c1-3-35-13-17-37(18-14-35)39-23-29-44(30-24-39)55-48-11-7-5-9-46(48)53-47-10-6-8-12-49(47)56(45-31-25-40(26-32-45)38-19-15-36(4-2)16-20-38)51-34-42(33-50(55)52(51)53)41-21-27-43(54)28-22-41/h1-2,5-34H. The lowest BCUT2D eigenvalue weighted by atomic mass is 9.33. The minimum atomic E-state index is -0.262. The monoisotopic (exact) mass is 714 g/mol. The normalized spacial score (nSPS) is 12.2. The summed E-state index contributed by atoms with van der Waals surface area (Å²) in [7, 11) is 0. The molecule has 2 heterocycles. The Kier molecular flexibility index (Phi) is 7.91. The second-order valence-corrected chi connectivity index (χ2v) is 14.2. The molecule has 0 spiro atoms. The van der Waals surface area contributed by atoms with Crippen LogP contribution in [0.1, 0.15) is 11.1 Å². The van der Waals surface area contributed by atoms with Crippen molar-refractivity contribution < 1.29 is 4.39 Å². The summed E-state index contributed by atoms with van der Waals surface area (Å²) in [6, 6.07) is 62.5. The van der Waals surface area contributed by atoms with Crippen LogP contribution in [0.4, 0.5) is 38.5 Å². The lowest BCUT2D eigenvalue weighted by Gasteiger charge is -2.44. The molecular formula is C52H32BFN2. The molecule has 0 atom stereocenters. The summed E-state index contributed by atoms with van der Waals surface area (Å²) in [4.78, 5) is 4.77. The van der Waals surface area contributed by atoms with Crippen LogP contribution in [-0.4, -0.2) is 6.71 Å². The van der Waals surface area contributed by atoms with Gasteiger partial charge >= 0.3 is 0 Å². The molecular weight excluding hydrogens is 682 g/mol. The highest BCUT2D eigenvalue weighted by molar-refractivity contribution is 7.00. The molecule has 2 aliphatic heterocycles. The predicted molar refractivity (Wildman–Crippen MR) is 233 cm³/mol. The topological polar surface area (TPSA) is 6.48 Å². The Morgan fingerprint density at radius 1 is 0.393 bits per heavy atom. The van der Waals surface area contributed by atoms with Gasteiger partial charge in [0.05, 0.1) is 0 Å². The van der Waals surface area contributed by atoms with Crippen molar-refractivity contribution in [3.63, 3.8) is 0 Å². The summed E-state index contributed by atoms with van der Waals surface area (Å²) in [6.07, 6.45) is 11.3. The van der Waals surface area contributed by atoms with Gasteiger partial charge < -0.3 is 9.80 Å². The van der Waals surface area contributed by atoms with Crippen LogP contribution in [0.2, 0.25) is 0 Å². The molecule has 0 radical (unpaired) electrons. The van der Waals surface area contributed by atoms with Gasteiger partial charge in [-0.3, -0.25) is 0 Å². The third-order valence-electron chi connectivity index (χ3n) is 11.1. The van der Waals surface area contributed by atoms with Crippen molar-refractivity contribution in [3.8, 4) is 58.1 Å². The Bertz CT molecular complexity index is 2690. The van der Waals surface area contributed by atoms with E-state index in [-0.39, 0.29) is 12.5 Å². The molecule has 0 aliphatic carbocycles. The minimum Gasteiger partial charge on any atom is -0.311 e. The number of halogens is 1. The number of benzene rings is 8. The van der Waals surface area contributed by atoms with Gasteiger partial charge in [-0.1, -0.05) is 109 Å². The fraction of sp³-hybridized carbons (Fsp3) is 0. The zero-order valence-electron chi connectivity index (χ0n) is 30.3. The highest BCUT2D eigenvalue weighted by Gasteiger charge is 2.43. The van der Waals surface area contributed by atoms with Gasteiger partial charge in [-0.25, -0.2) is 4.39 Å². The molecule has 0 unspecified atom stereocenters. The molecule has 8 aromatic rings. The summed E-state index contributed by atoms with van der Waals surface area (Å²) in [5.41, 5.74) is 18.3. The van der Waals surface area contributed by atoms with Crippen molar-refractivity contribution in [2.24, 2.45) is 0 Å². The summed E-state index contributed by atoms with van der Waals surface area (Å²) in [6.45, 7) is -0.00921. The molecule has 0 fully saturated rings. The van der Waals surface area contributed by atoms with E-state index in [0.717, 1.165) is 78.6 Å². The van der Waals surface area contributed by atoms with E-state index in [1.54, 1.807) is 0 Å². The lowest BCUT2D eigenvalue weighted by Crippen LogP contribution is -2.61. The fourth-order valence-electron chi connectivity index (χ4n) is 8.39. The first-order valence-corrected chi connectivity index (χ1v) is 18.6. The van der Waals surface area contributed by atoms with E-state index >= 15 is 0 Å². The molecule has 0 amide bonds. The first-order chi connectivity index (χ1) is 27.6. The molecule has 8 aromatic carbocycles. The average Bonchev–Trinajstić information content (AvgIpc) is 3.26. The zero-order chi connectivity index (χ0) is 37.8. The highest BCUT2D eigenvalue weighted by atomic mass is 19.1. The molecule has 2 aliphatic rings. The lowest BCUT2D eigenvalue weighted by molar-refractivity contribution is 0.628. The van der Waals surface area contributed by atoms with Crippen LogP contribution < -0.4 is 26.2 Å². The molecule has 4 heteroatoms. The van der Waals surface area contributed by atoms with E-state index in [0.29, 0.717) is 0 Å². The van der Waals surface area contributed by atoms with E-state index in [1.807, 2.05) is 36.4 Å². The van der Waals surface area contributed by atoms with Crippen LogP contribution in [-0.2, 0) is 0 Å². The number of hydrogen-bond acceptors (Lipinski definition) is 2. The van der Waals surface area contributed by atoms with Crippen LogP contribution in [0.3, 0.4) is 0 Å². The number of anilines is 6. The van der Waals surface area contributed by atoms with Gasteiger partial charge in [0.25, 0.3) is 6.71 Å². The number of rotatable bonds is 5. The third-order valence-corrected chi connectivity index (χ3v) is 11.1. The SMILES string of the molecule is C#Cc1ccc(-c2ccc(N3c4ccccc4B4c5ccccc5N(c5ccc(-c6ccc(C#C)cc6)cc5)c5cc(-c6ccc(F)cc6)cc3c54)cc2)cc1. The summed E-state index contributed by atoms with van der Waals surface area (Å²) in [5.74, 6) is 5.16. The Morgan fingerprint density at radius 2 is 0.750 bits per heavy atom. The smallest absolute Gasteiger partial charge is 0.252 e. The van der Waals surface area contributed by atoms with Gasteiger partial charge in [0, 0.05) is 45.3 Å². The Hall–Kier alpha value is -7.53. The number of hydrogen-bond donors (Lipinski definition) is 0. The summed E-state index contributed by atoms with van der Waals surface area (Å²) >= 11 is 0. The van der Waals surface area contributed by atoms with Crippen molar-refractivity contribution >= 4 is 57.2 Å². The van der Waals surface area contributed by atoms with E-state index in [2.05, 4.69) is 155 Å². The van der Waals surface area contributed by atoms with Crippen molar-refractivity contribution in [1.82, 2.24) is 0 Å². The molecule has 0 saturated carbocycles. The van der Waals surface area contributed by atoms with Crippen LogP contribution in [0, 0.1) is 30.5 Å². The van der Waals surface area contributed by atoms with Gasteiger partial charge in [-0.2, -0.15) is 0 Å². The van der Waals surface area contributed by atoms with Crippen molar-refractivity contribution in [3.05, 3.63) is 199 Å². The van der Waals surface area contributed by atoms with Crippen LogP contribution in [0.5, 0.6) is 0 Å². The second-order valence-electron chi connectivity index (χ2n) is 14.2. The number of fused-ring (bicyclic) bond motifs is 4. The molecule has 10 rings (SSSR count). The highest BCUT2D eigenvalue weighted by Crippen LogP contribution is 2.46. The summed E-state index contributed by atoms with van der Waals surface area (Å²) < 4.78 is 14.3. The maximum absolute atomic E-state index is 14.3. The predicted octanol–water partition coefficient (Wildman–Crippen LogP) is 10.9. The van der Waals surface area contributed by atoms with E-state index in [1.165, 1.54) is 28.5 Å². The van der Waals surface area contributed by atoms with Crippen molar-refractivity contribution in [1.29, 1.82) is 0 Å². The molecule has 0 bridgehead atoms. The Morgan fingerprint density at radius 3 is 1.16 bits per heavy atom. The van der Waals surface area contributed by atoms with Crippen molar-refractivity contribution in [2.45, 2.75) is 0 Å². The number of terminal acetylenes is 2. The third kappa shape index (κ3) is 5.48. The van der Waals surface area contributed by atoms with E-state index in [9.17, 15) is 4.39 Å². The largest absolute Gasteiger partial charge is 0.311 e. The van der Waals surface area contributed by atoms with Gasteiger partial charge in [-0.05, 0) is 135 Å². The first kappa shape index (κ1) is 33.1. The van der Waals surface area contributed by atoms with Gasteiger partial charge in [-0.15, -0.1) is 12.8 Å². The maximum Gasteiger partial charge on any atom is 0.252 e. The first-order valence-electron chi connectivity index (χ1n) is 18.6. The second kappa shape index (κ2) is 13.4. The van der Waals surface area contributed by atoms with Crippen LogP contribution in [0.25, 0.3) is 33.4 Å². The molecule has 260 valence electrons. The number of para-hydroxylation sites is 2. The Labute approximate surface area is 327 Å². The Balaban J connectivity index is 1.19. The molecule has 0 saturated heterocycles. The zero-order valence-corrected chi connectivity index (χ0v) is 30.3. The number of nitrogens with zero attached hydrogens (tertiary/aromatic N) is 2. The molecule has 2 nitrogen and oxygen atoms in total. The van der Waals surface area contributed by atoms with Crippen LogP contribution >= 0.6 is 0 Å². The summed E-state index contributed by atoms with van der Waals surface area (Å²) in [5, 5.41) is 0. The molecule has 0 aromatic heterocycles. The van der Waals surface area contributed by atoms with E-state index in [4.69, 9.17) is 12.8 Å².